The van der Waals surface area contributed by atoms with Crippen molar-refractivity contribution in [2.45, 2.75) is 39.0 Å². The molecule has 1 N–H and O–H groups in total. The molecule has 2 aromatic rings. The Morgan fingerprint density at radius 1 is 1.31 bits per heavy atom. The number of thiophene rings is 1. The van der Waals surface area contributed by atoms with Crippen LogP contribution in [0.15, 0.2) is 35.7 Å². The monoisotopic (exact) mass is 376 g/mol. The number of benzene rings is 1. The van der Waals surface area contributed by atoms with Crippen molar-refractivity contribution < 1.29 is 13.9 Å². The van der Waals surface area contributed by atoms with Crippen molar-refractivity contribution in [2.75, 3.05) is 19.7 Å². The molecule has 0 saturated carbocycles. The molecule has 1 aliphatic rings. The maximum Gasteiger partial charge on any atom is 0.237 e. The highest BCUT2D eigenvalue weighted by molar-refractivity contribution is 7.10. The lowest BCUT2D eigenvalue weighted by atomic mass is 10.2. The highest BCUT2D eigenvalue weighted by Crippen LogP contribution is 2.19. The van der Waals surface area contributed by atoms with E-state index in [2.05, 4.69) is 18.3 Å². The number of carbonyl (C=O) groups is 1. The van der Waals surface area contributed by atoms with E-state index in [0.29, 0.717) is 19.6 Å². The van der Waals surface area contributed by atoms with Crippen LogP contribution < -0.4 is 5.32 Å². The van der Waals surface area contributed by atoms with Gasteiger partial charge in [0, 0.05) is 24.6 Å². The molecule has 0 spiro atoms. The first-order valence-corrected chi connectivity index (χ1v) is 9.87. The quantitative estimate of drug-likeness (QED) is 0.767. The van der Waals surface area contributed by atoms with Gasteiger partial charge in [-0.15, -0.1) is 11.3 Å². The summed E-state index contributed by atoms with van der Waals surface area (Å²) in [6, 6.07) is 8.40. The van der Waals surface area contributed by atoms with Crippen molar-refractivity contribution in [2.24, 2.45) is 0 Å². The second-order valence-electron chi connectivity index (χ2n) is 6.67. The first-order valence-electron chi connectivity index (χ1n) is 8.99. The number of halogens is 1. The number of rotatable bonds is 8. The third-order valence-electron chi connectivity index (χ3n) is 4.61. The average Bonchev–Trinajstić information content (AvgIpc) is 3.28. The Labute approximate surface area is 158 Å². The molecule has 140 valence electrons. The predicted octanol–water partition coefficient (Wildman–Crippen LogP) is 3.49. The molecule has 1 atom stereocenters. The molecule has 1 aliphatic heterocycles. The van der Waals surface area contributed by atoms with Crippen molar-refractivity contribution >= 4 is 17.2 Å². The van der Waals surface area contributed by atoms with Crippen LogP contribution in [0.2, 0.25) is 0 Å². The fourth-order valence-electron chi connectivity index (χ4n) is 3.04. The van der Waals surface area contributed by atoms with E-state index in [1.165, 1.54) is 22.6 Å². The average molecular weight is 376 g/mol. The summed E-state index contributed by atoms with van der Waals surface area (Å²) < 4.78 is 18.7. The van der Waals surface area contributed by atoms with Gasteiger partial charge in [-0.3, -0.25) is 4.79 Å². The van der Waals surface area contributed by atoms with Crippen molar-refractivity contribution in [3.05, 3.63) is 57.5 Å². The SMILES string of the molecule is Cc1ccsc1CN(Cc1ccc(F)cc1)C(=O)CNC[C@H]1CCCO1. The van der Waals surface area contributed by atoms with Crippen LogP contribution in [0, 0.1) is 12.7 Å². The maximum atomic E-state index is 13.2. The molecule has 1 fully saturated rings. The summed E-state index contributed by atoms with van der Waals surface area (Å²) >= 11 is 1.66. The van der Waals surface area contributed by atoms with Gasteiger partial charge in [0.15, 0.2) is 0 Å². The molecular formula is C20H25FN2O2S. The van der Waals surface area contributed by atoms with Gasteiger partial charge < -0.3 is 15.0 Å². The van der Waals surface area contributed by atoms with Crippen LogP contribution in [0.25, 0.3) is 0 Å². The van der Waals surface area contributed by atoms with Crippen LogP contribution in [0.5, 0.6) is 0 Å². The maximum absolute atomic E-state index is 13.2. The zero-order chi connectivity index (χ0) is 18.4. The smallest absolute Gasteiger partial charge is 0.237 e. The first kappa shape index (κ1) is 19.0. The van der Waals surface area contributed by atoms with Gasteiger partial charge in [-0.2, -0.15) is 0 Å². The molecule has 1 aromatic carbocycles. The number of nitrogens with zero attached hydrogens (tertiary/aromatic N) is 1. The number of hydrogen-bond donors (Lipinski definition) is 1. The molecule has 0 aliphatic carbocycles. The third kappa shape index (κ3) is 5.37. The normalized spacial score (nSPS) is 16.8. The minimum absolute atomic E-state index is 0.0418. The second-order valence-corrected chi connectivity index (χ2v) is 7.67. The van der Waals surface area contributed by atoms with E-state index >= 15 is 0 Å². The summed E-state index contributed by atoms with van der Waals surface area (Å²) in [4.78, 5) is 15.8. The Kier molecular flexibility index (Phi) is 6.77. The number of nitrogens with one attached hydrogen (secondary N) is 1. The van der Waals surface area contributed by atoms with Crippen LogP contribution in [0.1, 0.15) is 28.8 Å². The molecule has 1 aromatic heterocycles. The summed E-state index contributed by atoms with van der Waals surface area (Å²) in [6.07, 6.45) is 2.36. The molecule has 26 heavy (non-hydrogen) atoms. The van der Waals surface area contributed by atoms with Crippen molar-refractivity contribution in [3.63, 3.8) is 0 Å². The molecule has 1 amide bonds. The van der Waals surface area contributed by atoms with Gasteiger partial charge in [-0.25, -0.2) is 4.39 Å². The molecule has 4 nitrogen and oxygen atoms in total. The summed E-state index contributed by atoms with van der Waals surface area (Å²) in [5.41, 5.74) is 2.12. The standard InChI is InChI=1S/C20H25FN2O2S/c1-15-8-10-26-19(15)14-23(13-16-4-6-17(21)7-5-16)20(24)12-22-11-18-3-2-9-25-18/h4-8,10,18,22H,2-3,9,11-14H2,1H3/t18-/m1/s1. The van der Waals surface area contributed by atoms with Gasteiger partial charge >= 0.3 is 0 Å². The number of amides is 1. The number of hydrogen-bond acceptors (Lipinski definition) is 4. The van der Waals surface area contributed by atoms with E-state index in [-0.39, 0.29) is 24.4 Å². The van der Waals surface area contributed by atoms with Crippen molar-refractivity contribution in [1.29, 1.82) is 0 Å². The third-order valence-corrected chi connectivity index (χ3v) is 5.62. The van der Waals surface area contributed by atoms with Gasteiger partial charge in [0.25, 0.3) is 0 Å². The minimum atomic E-state index is -0.265. The molecular weight excluding hydrogens is 351 g/mol. The van der Waals surface area contributed by atoms with Crippen LogP contribution in [-0.4, -0.2) is 36.6 Å². The Morgan fingerprint density at radius 2 is 2.12 bits per heavy atom. The van der Waals surface area contributed by atoms with Crippen LogP contribution >= 0.6 is 11.3 Å². The Hall–Kier alpha value is -1.76. The Balaban J connectivity index is 1.61. The molecule has 2 heterocycles. The van der Waals surface area contributed by atoms with Crippen LogP contribution in [0.3, 0.4) is 0 Å². The van der Waals surface area contributed by atoms with E-state index in [9.17, 15) is 9.18 Å². The molecule has 0 unspecified atom stereocenters. The highest BCUT2D eigenvalue weighted by Gasteiger charge is 2.18. The molecule has 1 saturated heterocycles. The fourth-order valence-corrected chi connectivity index (χ4v) is 3.96. The zero-order valence-electron chi connectivity index (χ0n) is 15.0. The topological polar surface area (TPSA) is 41.6 Å². The second kappa shape index (κ2) is 9.26. The van der Waals surface area contributed by atoms with E-state index in [4.69, 9.17) is 4.74 Å². The van der Waals surface area contributed by atoms with E-state index < -0.39 is 0 Å². The Bertz CT molecular complexity index is 711. The summed E-state index contributed by atoms with van der Waals surface area (Å²) in [7, 11) is 0. The van der Waals surface area contributed by atoms with Gasteiger partial charge in [-0.1, -0.05) is 12.1 Å². The van der Waals surface area contributed by atoms with Crippen molar-refractivity contribution in [1.82, 2.24) is 10.2 Å². The van der Waals surface area contributed by atoms with Crippen LogP contribution in [-0.2, 0) is 22.6 Å². The summed E-state index contributed by atoms with van der Waals surface area (Å²) in [5.74, 6) is -0.223. The molecule has 0 radical (unpaired) electrons. The van der Waals surface area contributed by atoms with Crippen LogP contribution in [0.4, 0.5) is 4.39 Å². The largest absolute Gasteiger partial charge is 0.377 e. The lowest BCUT2D eigenvalue weighted by Crippen LogP contribution is -2.39. The molecule has 0 bridgehead atoms. The van der Waals surface area contributed by atoms with Gasteiger partial charge in [0.05, 0.1) is 19.2 Å². The molecule has 3 rings (SSSR count). The van der Waals surface area contributed by atoms with Gasteiger partial charge in [-0.05, 0) is 54.5 Å². The zero-order valence-corrected chi connectivity index (χ0v) is 15.9. The highest BCUT2D eigenvalue weighted by atomic mass is 32.1. The number of carbonyl (C=O) groups excluding carboxylic acids is 1. The number of ether oxygens (including phenoxy) is 1. The predicted molar refractivity (Wildman–Crippen MR) is 102 cm³/mol. The van der Waals surface area contributed by atoms with Gasteiger partial charge in [0.1, 0.15) is 5.82 Å². The first-order chi connectivity index (χ1) is 12.6. The summed E-state index contributed by atoms with van der Waals surface area (Å²) in [6.45, 7) is 4.90. The van der Waals surface area contributed by atoms with E-state index in [0.717, 1.165) is 25.0 Å². The van der Waals surface area contributed by atoms with Gasteiger partial charge in [0.2, 0.25) is 5.91 Å². The minimum Gasteiger partial charge on any atom is -0.377 e. The van der Waals surface area contributed by atoms with E-state index in [1.807, 2.05) is 10.3 Å². The van der Waals surface area contributed by atoms with Crippen molar-refractivity contribution in [3.8, 4) is 0 Å². The Morgan fingerprint density at radius 3 is 2.77 bits per heavy atom. The number of aryl methyl sites for hydroxylation is 1. The lowest BCUT2D eigenvalue weighted by Gasteiger charge is -2.23. The van der Waals surface area contributed by atoms with E-state index in [1.54, 1.807) is 23.5 Å². The summed E-state index contributed by atoms with van der Waals surface area (Å²) in [5, 5.41) is 5.27. The fraction of sp³-hybridized carbons (Fsp3) is 0.450. The lowest BCUT2D eigenvalue weighted by molar-refractivity contribution is -0.131. The molecule has 6 heteroatoms.